The first kappa shape index (κ1) is 22.4. The molecule has 10 heteroatoms. The van der Waals surface area contributed by atoms with E-state index >= 15 is 0 Å². The van der Waals surface area contributed by atoms with Gasteiger partial charge < -0.3 is 14.6 Å². The summed E-state index contributed by atoms with van der Waals surface area (Å²) >= 11 is 0.00979. The van der Waals surface area contributed by atoms with Gasteiger partial charge in [-0.3, -0.25) is 0 Å². The van der Waals surface area contributed by atoms with E-state index in [1.54, 1.807) is 10.9 Å². The van der Waals surface area contributed by atoms with Crippen LogP contribution in [0.3, 0.4) is 0 Å². The standard InChI is InChI=1S/C24H23FN4O4S/c1-24(2,23(30)31)32-14-17-12-21(15-5-3-7-19(11-15)33-18-9-10-18)28(27-17)20-8-4-6-16-13-26-29(34-25)22(16)20/h3-8,11-13,18H,9-10,14H2,1-2H3,(H,30,31). The van der Waals surface area contributed by atoms with Crippen molar-refractivity contribution < 1.29 is 23.3 Å². The molecule has 34 heavy (non-hydrogen) atoms. The molecule has 0 spiro atoms. The molecule has 2 aromatic carbocycles. The Labute approximate surface area is 199 Å². The average Bonchev–Trinajstić information content (AvgIpc) is 3.37. The number of aromatic nitrogens is 4. The summed E-state index contributed by atoms with van der Waals surface area (Å²) in [4.78, 5) is 11.5. The van der Waals surface area contributed by atoms with Crippen LogP contribution in [0.2, 0.25) is 0 Å². The monoisotopic (exact) mass is 482 g/mol. The molecule has 0 radical (unpaired) electrons. The minimum Gasteiger partial charge on any atom is -0.490 e. The van der Waals surface area contributed by atoms with Crippen LogP contribution < -0.4 is 4.74 Å². The largest absolute Gasteiger partial charge is 0.490 e. The van der Waals surface area contributed by atoms with Crippen LogP contribution in [0.4, 0.5) is 3.89 Å². The number of benzene rings is 2. The maximum Gasteiger partial charge on any atom is 0.335 e. The van der Waals surface area contributed by atoms with Crippen molar-refractivity contribution in [3.05, 3.63) is 60.4 Å². The zero-order valence-electron chi connectivity index (χ0n) is 18.6. The van der Waals surface area contributed by atoms with Crippen LogP contribution in [0.25, 0.3) is 27.8 Å². The molecular formula is C24H23FN4O4S. The number of halogens is 1. The molecule has 0 bridgehead atoms. The number of rotatable bonds is 9. The number of nitrogens with zero attached hydrogens (tertiary/aromatic N) is 4. The topological polar surface area (TPSA) is 91.4 Å². The predicted molar refractivity (Wildman–Crippen MR) is 127 cm³/mol. The number of aliphatic carboxylic acids is 1. The van der Waals surface area contributed by atoms with E-state index in [1.165, 1.54) is 17.9 Å². The van der Waals surface area contributed by atoms with E-state index in [1.807, 2.05) is 48.5 Å². The summed E-state index contributed by atoms with van der Waals surface area (Å²) in [6.45, 7) is 2.97. The van der Waals surface area contributed by atoms with Crippen LogP contribution in [-0.2, 0) is 16.1 Å². The molecule has 1 aliphatic carbocycles. The number of carboxylic acid groups (broad SMARTS) is 1. The van der Waals surface area contributed by atoms with Gasteiger partial charge in [0.1, 0.15) is 11.3 Å². The highest BCUT2D eigenvalue weighted by Gasteiger charge is 2.29. The average molecular weight is 483 g/mol. The van der Waals surface area contributed by atoms with Gasteiger partial charge in [-0.05, 0) is 51.0 Å². The van der Waals surface area contributed by atoms with Crippen LogP contribution in [0, 0.1) is 0 Å². The van der Waals surface area contributed by atoms with Crippen LogP contribution in [0.1, 0.15) is 32.4 Å². The van der Waals surface area contributed by atoms with Crippen molar-refractivity contribution in [1.29, 1.82) is 0 Å². The van der Waals surface area contributed by atoms with Gasteiger partial charge in [0.25, 0.3) is 0 Å². The van der Waals surface area contributed by atoms with E-state index in [0.717, 1.165) is 35.2 Å². The summed E-state index contributed by atoms with van der Waals surface area (Å²) in [5, 5.41) is 19.0. The van der Waals surface area contributed by atoms with Gasteiger partial charge in [-0.15, -0.1) is 3.89 Å². The van der Waals surface area contributed by atoms with Crippen molar-refractivity contribution in [2.45, 2.75) is 45.0 Å². The van der Waals surface area contributed by atoms with E-state index in [9.17, 15) is 13.8 Å². The first-order valence-electron chi connectivity index (χ1n) is 10.9. The highest BCUT2D eigenvalue weighted by Crippen LogP contribution is 2.33. The number of hydrogen-bond donors (Lipinski definition) is 1. The zero-order chi connectivity index (χ0) is 23.9. The molecule has 2 aromatic heterocycles. The zero-order valence-corrected chi connectivity index (χ0v) is 19.5. The van der Waals surface area contributed by atoms with Gasteiger partial charge in [0.15, 0.2) is 17.9 Å². The minimum atomic E-state index is -1.37. The third-order valence-electron chi connectivity index (χ3n) is 5.65. The van der Waals surface area contributed by atoms with E-state index in [2.05, 4.69) is 5.10 Å². The molecular weight excluding hydrogens is 459 g/mol. The molecule has 8 nitrogen and oxygen atoms in total. The molecule has 4 aromatic rings. The Bertz CT molecular complexity index is 1360. The quantitative estimate of drug-likeness (QED) is 0.351. The number of hydrogen-bond acceptors (Lipinski definition) is 6. The lowest BCUT2D eigenvalue weighted by Gasteiger charge is -2.19. The van der Waals surface area contributed by atoms with Crippen molar-refractivity contribution in [3.8, 4) is 22.7 Å². The van der Waals surface area contributed by atoms with E-state index in [-0.39, 0.29) is 25.0 Å². The summed E-state index contributed by atoms with van der Waals surface area (Å²) < 4.78 is 28.1. The number of carbonyl (C=O) groups is 1. The van der Waals surface area contributed by atoms with Crippen molar-refractivity contribution in [1.82, 2.24) is 19.0 Å². The second-order valence-electron chi connectivity index (χ2n) is 8.68. The van der Waals surface area contributed by atoms with Gasteiger partial charge in [0.05, 0.1) is 36.0 Å². The van der Waals surface area contributed by atoms with E-state index in [4.69, 9.17) is 14.6 Å². The van der Waals surface area contributed by atoms with Gasteiger partial charge in [-0.1, -0.05) is 24.3 Å². The minimum absolute atomic E-state index is 0.00926. The Morgan fingerprint density at radius 1 is 1.24 bits per heavy atom. The molecule has 1 fully saturated rings. The summed E-state index contributed by atoms with van der Waals surface area (Å²) in [6.07, 6.45) is 3.95. The smallest absolute Gasteiger partial charge is 0.335 e. The molecule has 1 aliphatic rings. The number of carboxylic acids is 1. The van der Waals surface area contributed by atoms with Gasteiger partial charge in [0.2, 0.25) is 0 Å². The molecule has 2 heterocycles. The molecule has 1 N–H and O–H groups in total. The summed E-state index contributed by atoms with van der Waals surface area (Å²) in [7, 11) is 0. The third-order valence-corrected chi connectivity index (χ3v) is 6.05. The van der Waals surface area contributed by atoms with Gasteiger partial charge in [-0.25, -0.2) is 9.48 Å². The third kappa shape index (κ3) is 4.38. The highest BCUT2D eigenvalue weighted by molar-refractivity contribution is 7.92. The maximum absolute atomic E-state index is 13.6. The Kier molecular flexibility index (Phi) is 5.78. The SMILES string of the molecule is CC(C)(OCc1cc(-c2cccc(OC3CC3)c2)n(-c2cccc3cnn(SF)c23)n1)C(=O)O. The van der Waals surface area contributed by atoms with Crippen LogP contribution in [-0.4, -0.2) is 41.7 Å². The molecule has 0 aliphatic heterocycles. The van der Waals surface area contributed by atoms with Gasteiger partial charge in [-0.2, -0.15) is 14.3 Å². The lowest BCUT2D eigenvalue weighted by atomic mass is 10.1. The lowest BCUT2D eigenvalue weighted by molar-refractivity contribution is -0.162. The molecule has 0 atom stereocenters. The van der Waals surface area contributed by atoms with Crippen molar-refractivity contribution in [2.75, 3.05) is 0 Å². The Morgan fingerprint density at radius 3 is 2.76 bits per heavy atom. The number of para-hydroxylation sites is 1. The van der Waals surface area contributed by atoms with Crippen LogP contribution >= 0.6 is 12.3 Å². The predicted octanol–water partition coefficient (Wildman–Crippen LogP) is 5.19. The first-order chi connectivity index (χ1) is 16.4. The lowest BCUT2D eigenvalue weighted by Crippen LogP contribution is -2.34. The van der Waals surface area contributed by atoms with Crippen molar-refractivity contribution in [2.24, 2.45) is 0 Å². The van der Waals surface area contributed by atoms with E-state index in [0.29, 0.717) is 16.9 Å². The Balaban J connectivity index is 1.61. The van der Waals surface area contributed by atoms with Crippen LogP contribution in [0.5, 0.6) is 5.75 Å². The highest BCUT2D eigenvalue weighted by atomic mass is 32.2. The second kappa shape index (κ2) is 8.77. The van der Waals surface area contributed by atoms with Gasteiger partial charge >= 0.3 is 5.97 Å². The molecule has 0 unspecified atom stereocenters. The van der Waals surface area contributed by atoms with Crippen molar-refractivity contribution in [3.63, 3.8) is 0 Å². The maximum atomic E-state index is 13.6. The Hall–Kier alpha value is -3.37. The second-order valence-corrected chi connectivity index (χ2v) is 9.17. The molecule has 5 rings (SSSR count). The fourth-order valence-electron chi connectivity index (χ4n) is 3.57. The molecule has 176 valence electrons. The normalized spacial score (nSPS) is 14.0. The summed E-state index contributed by atoms with van der Waals surface area (Å²) in [5.41, 5.74) is 1.96. The fraction of sp³-hybridized carbons (Fsp3) is 0.292. The molecule has 0 amide bonds. The first-order valence-corrected chi connectivity index (χ1v) is 11.5. The number of ether oxygens (including phenoxy) is 2. The van der Waals surface area contributed by atoms with E-state index < -0.39 is 11.6 Å². The Morgan fingerprint density at radius 2 is 2.03 bits per heavy atom. The van der Waals surface area contributed by atoms with Crippen molar-refractivity contribution >= 4 is 29.2 Å². The molecule has 1 saturated carbocycles. The fourth-order valence-corrected chi connectivity index (χ4v) is 3.92. The van der Waals surface area contributed by atoms with Gasteiger partial charge in [0, 0.05) is 10.9 Å². The number of fused-ring (bicyclic) bond motifs is 1. The van der Waals surface area contributed by atoms with Crippen LogP contribution in [0.15, 0.2) is 54.7 Å². The summed E-state index contributed by atoms with van der Waals surface area (Å²) in [6, 6.07) is 15.1. The molecule has 0 saturated heterocycles. The summed E-state index contributed by atoms with van der Waals surface area (Å²) in [5.74, 6) is -0.300.